The Kier molecular flexibility index (Phi) is 7.06. The summed E-state index contributed by atoms with van der Waals surface area (Å²) < 4.78 is 10.0. The minimum atomic E-state index is -0.644. The van der Waals surface area contributed by atoms with Crippen LogP contribution < -0.4 is 10.1 Å². The average molecular weight is 394 g/mol. The van der Waals surface area contributed by atoms with Crippen molar-refractivity contribution >= 4 is 46.8 Å². The van der Waals surface area contributed by atoms with Crippen LogP contribution in [0.25, 0.3) is 6.08 Å². The Morgan fingerprint density at radius 1 is 1.15 bits per heavy atom. The van der Waals surface area contributed by atoms with Gasteiger partial charge in [-0.25, -0.2) is 4.79 Å². The topological polar surface area (TPSA) is 64.6 Å². The lowest BCUT2D eigenvalue weighted by Crippen LogP contribution is -2.20. The molecule has 0 aliphatic rings. The number of esters is 1. The minimum Gasteiger partial charge on any atom is -0.495 e. The molecule has 0 bridgehead atoms. The Morgan fingerprint density at radius 3 is 2.62 bits per heavy atom. The lowest BCUT2D eigenvalue weighted by Gasteiger charge is -2.10. The molecule has 0 atom stereocenters. The molecule has 2 aromatic carbocycles. The van der Waals surface area contributed by atoms with Crippen LogP contribution in [0.15, 0.2) is 42.5 Å². The van der Waals surface area contributed by atoms with Gasteiger partial charge in [-0.2, -0.15) is 0 Å². The van der Waals surface area contributed by atoms with Gasteiger partial charge in [0.15, 0.2) is 6.61 Å². The van der Waals surface area contributed by atoms with Gasteiger partial charge < -0.3 is 14.8 Å². The number of rotatable bonds is 6. The van der Waals surface area contributed by atoms with Gasteiger partial charge in [0.25, 0.3) is 5.91 Å². The van der Waals surface area contributed by atoms with E-state index in [9.17, 15) is 9.59 Å². The second-order valence-corrected chi connectivity index (χ2v) is 6.19. The number of ether oxygens (including phenoxy) is 2. The van der Waals surface area contributed by atoms with E-state index in [1.807, 2.05) is 19.1 Å². The monoisotopic (exact) mass is 393 g/mol. The lowest BCUT2D eigenvalue weighted by atomic mass is 10.1. The molecule has 0 heterocycles. The Bertz CT molecular complexity index is 849. The number of hydrogen-bond acceptors (Lipinski definition) is 4. The molecule has 0 unspecified atom stereocenters. The number of amides is 1. The number of halogens is 2. The molecule has 5 nitrogen and oxygen atoms in total. The summed E-state index contributed by atoms with van der Waals surface area (Å²) in [5.74, 6) is -0.703. The predicted molar refractivity (Wildman–Crippen MR) is 103 cm³/mol. The van der Waals surface area contributed by atoms with Crippen LogP contribution in [0.2, 0.25) is 10.0 Å². The fraction of sp³-hybridized carbons (Fsp3) is 0.158. The maximum Gasteiger partial charge on any atom is 0.331 e. The number of carbonyl (C=O) groups is 2. The van der Waals surface area contributed by atoms with E-state index in [1.54, 1.807) is 30.3 Å². The first-order valence-electron chi connectivity index (χ1n) is 7.63. The van der Waals surface area contributed by atoms with Crippen molar-refractivity contribution in [1.82, 2.24) is 0 Å². The van der Waals surface area contributed by atoms with E-state index < -0.39 is 18.5 Å². The third kappa shape index (κ3) is 5.79. The van der Waals surface area contributed by atoms with Crippen molar-refractivity contribution in [2.75, 3.05) is 19.0 Å². The first kappa shape index (κ1) is 19.8. The molecule has 2 rings (SSSR count). The molecule has 136 valence electrons. The van der Waals surface area contributed by atoms with E-state index in [1.165, 1.54) is 13.2 Å². The third-order valence-electron chi connectivity index (χ3n) is 3.39. The van der Waals surface area contributed by atoms with E-state index in [2.05, 4.69) is 5.32 Å². The van der Waals surface area contributed by atoms with Crippen molar-refractivity contribution in [3.05, 3.63) is 63.6 Å². The van der Waals surface area contributed by atoms with Crippen LogP contribution in [0.5, 0.6) is 5.75 Å². The number of nitrogens with one attached hydrogen (secondary N) is 1. The highest BCUT2D eigenvalue weighted by Crippen LogP contribution is 2.27. The highest BCUT2D eigenvalue weighted by molar-refractivity contribution is 6.31. The summed E-state index contributed by atoms with van der Waals surface area (Å²) in [6.45, 7) is 1.45. The number of anilines is 1. The molecular weight excluding hydrogens is 377 g/mol. The molecule has 0 aromatic heterocycles. The van der Waals surface area contributed by atoms with Crippen LogP contribution in [0, 0.1) is 6.92 Å². The predicted octanol–water partition coefficient (Wildman–Crippen LogP) is 4.51. The van der Waals surface area contributed by atoms with Gasteiger partial charge in [0.05, 0.1) is 12.8 Å². The van der Waals surface area contributed by atoms with Crippen LogP contribution >= 0.6 is 23.2 Å². The summed E-state index contributed by atoms with van der Waals surface area (Å²) in [7, 11) is 1.47. The summed E-state index contributed by atoms with van der Waals surface area (Å²) in [6, 6.07) is 10.2. The SMILES string of the molecule is COc1ccc(Cl)cc1NC(=O)COC(=O)/C=C/c1ccc(C)c(Cl)c1. The summed E-state index contributed by atoms with van der Waals surface area (Å²) in [5.41, 5.74) is 2.09. The van der Waals surface area contributed by atoms with Crippen LogP contribution in [0.4, 0.5) is 5.69 Å². The Balaban J connectivity index is 1.88. The fourth-order valence-electron chi connectivity index (χ4n) is 2.03. The van der Waals surface area contributed by atoms with Crippen molar-refractivity contribution in [2.45, 2.75) is 6.92 Å². The zero-order chi connectivity index (χ0) is 19.1. The number of methoxy groups -OCH3 is 1. The number of carbonyl (C=O) groups excluding carboxylic acids is 2. The Morgan fingerprint density at radius 2 is 1.92 bits per heavy atom. The normalized spacial score (nSPS) is 10.6. The zero-order valence-electron chi connectivity index (χ0n) is 14.2. The summed E-state index contributed by atoms with van der Waals surface area (Å²) >= 11 is 11.9. The molecule has 26 heavy (non-hydrogen) atoms. The van der Waals surface area contributed by atoms with Crippen LogP contribution in [0.1, 0.15) is 11.1 Å². The average Bonchev–Trinajstić information content (AvgIpc) is 2.61. The van der Waals surface area contributed by atoms with Gasteiger partial charge in [-0.1, -0.05) is 35.3 Å². The van der Waals surface area contributed by atoms with Crippen molar-refractivity contribution in [3.8, 4) is 5.75 Å². The fourth-order valence-corrected chi connectivity index (χ4v) is 2.39. The van der Waals surface area contributed by atoms with E-state index in [4.69, 9.17) is 32.7 Å². The van der Waals surface area contributed by atoms with Crippen molar-refractivity contribution in [2.24, 2.45) is 0 Å². The first-order chi connectivity index (χ1) is 12.4. The number of benzene rings is 2. The second kappa shape index (κ2) is 9.27. The quantitative estimate of drug-likeness (QED) is 0.579. The Labute approximate surface area is 161 Å². The van der Waals surface area contributed by atoms with E-state index >= 15 is 0 Å². The lowest BCUT2D eigenvalue weighted by molar-refractivity contribution is -0.142. The van der Waals surface area contributed by atoms with Crippen molar-refractivity contribution in [3.63, 3.8) is 0 Å². The molecule has 0 aliphatic heterocycles. The van der Waals surface area contributed by atoms with Gasteiger partial charge in [0, 0.05) is 16.1 Å². The molecule has 0 saturated carbocycles. The molecular formula is C19H17Cl2NO4. The number of hydrogen-bond donors (Lipinski definition) is 1. The standard InChI is InChI=1S/C19H17Cl2NO4/c1-12-3-4-13(9-15(12)21)5-8-19(24)26-11-18(23)22-16-10-14(20)6-7-17(16)25-2/h3-10H,11H2,1-2H3,(H,22,23)/b8-5+. The maximum atomic E-state index is 11.9. The molecule has 7 heteroatoms. The molecule has 0 spiro atoms. The van der Waals surface area contributed by atoms with E-state index in [-0.39, 0.29) is 0 Å². The molecule has 0 fully saturated rings. The summed E-state index contributed by atoms with van der Waals surface area (Å²) in [5, 5.41) is 3.63. The van der Waals surface area contributed by atoms with Gasteiger partial charge in [0.2, 0.25) is 0 Å². The second-order valence-electron chi connectivity index (χ2n) is 5.34. The largest absolute Gasteiger partial charge is 0.495 e. The van der Waals surface area contributed by atoms with Crippen LogP contribution in [0.3, 0.4) is 0 Å². The van der Waals surface area contributed by atoms with E-state index in [0.717, 1.165) is 11.1 Å². The molecule has 0 radical (unpaired) electrons. The Hall–Kier alpha value is -2.50. The van der Waals surface area contributed by atoms with Gasteiger partial charge in [0.1, 0.15) is 5.75 Å². The number of aryl methyl sites for hydroxylation is 1. The first-order valence-corrected chi connectivity index (χ1v) is 8.39. The summed E-state index contributed by atoms with van der Waals surface area (Å²) in [4.78, 5) is 23.7. The van der Waals surface area contributed by atoms with Crippen molar-refractivity contribution < 1.29 is 19.1 Å². The molecule has 1 amide bonds. The molecule has 1 N–H and O–H groups in total. The molecule has 0 aliphatic carbocycles. The highest BCUT2D eigenvalue weighted by atomic mass is 35.5. The zero-order valence-corrected chi connectivity index (χ0v) is 15.7. The van der Waals surface area contributed by atoms with Crippen LogP contribution in [-0.2, 0) is 14.3 Å². The van der Waals surface area contributed by atoms with Crippen LogP contribution in [-0.4, -0.2) is 25.6 Å². The van der Waals surface area contributed by atoms with Gasteiger partial charge >= 0.3 is 5.97 Å². The smallest absolute Gasteiger partial charge is 0.331 e. The van der Waals surface area contributed by atoms with Crippen molar-refractivity contribution in [1.29, 1.82) is 0 Å². The molecule has 0 saturated heterocycles. The van der Waals surface area contributed by atoms with Gasteiger partial charge in [-0.15, -0.1) is 0 Å². The van der Waals surface area contributed by atoms with E-state index in [0.29, 0.717) is 21.5 Å². The molecule has 2 aromatic rings. The highest BCUT2D eigenvalue weighted by Gasteiger charge is 2.10. The summed E-state index contributed by atoms with van der Waals surface area (Å²) in [6.07, 6.45) is 2.79. The van der Waals surface area contributed by atoms with Gasteiger partial charge in [-0.05, 0) is 48.4 Å². The van der Waals surface area contributed by atoms with Gasteiger partial charge in [-0.3, -0.25) is 4.79 Å². The third-order valence-corrected chi connectivity index (χ3v) is 4.03. The maximum absolute atomic E-state index is 11.9. The minimum absolute atomic E-state index is 0.394.